The maximum Gasteiger partial charge on any atom is 0.147 e. The number of aryl methyl sites for hydroxylation is 2. The first-order valence-corrected chi connectivity index (χ1v) is 8.16. The van der Waals surface area contributed by atoms with E-state index in [-0.39, 0.29) is 0 Å². The number of ether oxygens (including phenoxy) is 1. The first kappa shape index (κ1) is 15.6. The second-order valence-corrected chi connectivity index (χ2v) is 6.61. The van der Waals surface area contributed by atoms with Crippen molar-refractivity contribution in [2.45, 2.75) is 33.8 Å². The topological polar surface area (TPSA) is 27.1 Å². The fourth-order valence-electron chi connectivity index (χ4n) is 2.82. The quantitative estimate of drug-likeness (QED) is 0.685. The minimum Gasteiger partial charge on any atom is -0.486 e. The lowest BCUT2D eigenvalue weighted by molar-refractivity contribution is 0.292. The van der Waals surface area contributed by atoms with Gasteiger partial charge in [0.2, 0.25) is 0 Å². The van der Waals surface area contributed by atoms with E-state index in [1.807, 2.05) is 19.2 Å². The van der Waals surface area contributed by atoms with Gasteiger partial charge < -0.3 is 9.30 Å². The maximum atomic E-state index is 5.91. The Labute approximate surface area is 137 Å². The highest BCUT2D eigenvalue weighted by molar-refractivity contribution is 5.76. The highest BCUT2D eigenvalue weighted by Gasteiger charge is 2.08. The molecule has 0 radical (unpaired) electrons. The molecule has 3 nitrogen and oxygen atoms in total. The normalized spacial score (nSPS) is 11.3. The molecule has 2 aromatic carbocycles. The smallest absolute Gasteiger partial charge is 0.147 e. The van der Waals surface area contributed by atoms with Crippen LogP contribution in [-0.4, -0.2) is 9.55 Å². The van der Waals surface area contributed by atoms with E-state index in [4.69, 9.17) is 4.74 Å². The van der Waals surface area contributed by atoms with Crippen LogP contribution >= 0.6 is 0 Å². The summed E-state index contributed by atoms with van der Waals surface area (Å²) in [4.78, 5) is 4.66. The minimum absolute atomic E-state index is 0.480. The van der Waals surface area contributed by atoms with Gasteiger partial charge in [0.05, 0.1) is 11.0 Å². The molecule has 0 aliphatic carbocycles. The predicted molar refractivity (Wildman–Crippen MR) is 94.8 cm³/mol. The number of nitrogens with zero attached hydrogens (tertiary/aromatic N) is 2. The molecule has 0 saturated carbocycles. The van der Waals surface area contributed by atoms with Crippen molar-refractivity contribution in [3.8, 4) is 5.75 Å². The minimum atomic E-state index is 0.480. The van der Waals surface area contributed by atoms with Crippen molar-refractivity contribution >= 4 is 11.0 Å². The number of hydrogen-bond donors (Lipinski definition) is 0. The van der Waals surface area contributed by atoms with Gasteiger partial charge >= 0.3 is 0 Å². The van der Waals surface area contributed by atoms with Gasteiger partial charge in [-0.15, -0.1) is 0 Å². The van der Waals surface area contributed by atoms with Gasteiger partial charge in [0.1, 0.15) is 18.2 Å². The van der Waals surface area contributed by atoms with Gasteiger partial charge in [0.25, 0.3) is 0 Å². The van der Waals surface area contributed by atoms with Gasteiger partial charge in [-0.2, -0.15) is 0 Å². The molecule has 120 valence electrons. The monoisotopic (exact) mass is 308 g/mol. The molecule has 3 rings (SSSR count). The van der Waals surface area contributed by atoms with Crippen LogP contribution in [0.2, 0.25) is 0 Å². The molecule has 0 amide bonds. The van der Waals surface area contributed by atoms with Crippen molar-refractivity contribution in [1.82, 2.24) is 9.55 Å². The first-order valence-electron chi connectivity index (χ1n) is 8.16. The van der Waals surface area contributed by atoms with Crippen LogP contribution in [0, 0.1) is 12.8 Å². The van der Waals surface area contributed by atoms with E-state index in [0.717, 1.165) is 29.0 Å². The summed E-state index contributed by atoms with van der Waals surface area (Å²) in [5, 5.41) is 0. The van der Waals surface area contributed by atoms with Gasteiger partial charge in [0, 0.05) is 7.05 Å². The van der Waals surface area contributed by atoms with Gasteiger partial charge in [-0.3, -0.25) is 0 Å². The van der Waals surface area contributed by atoms with Crippen LogP contribution in [0.4, 0.5) is 0 Å². The van der Waals surface area contributed by atoms with Gasteiger partial charge in [-0.1, -0.05) is 32.0 Å². The van der Waals surface area contributed by atoms with E-state index < -0.39 is 0 Å². The summed E-state index contributed by atoms with van der Waals surface area (Å²) in [6.45, 7) is 7.05. The molecule has 0 bridgehead atoms. The molecule has 0 aliphatic rings. The number of benzene rings is 2. The highest BCUT2D eigenvalue weighted by atomic mass is 16.5. The third-order valence-electron chi connectivity index (χ3n) is 4.06. The molecule has 3 heteroatoms. The SMILES string of the molecule is Cc1ccc2nc(COc3ccc(CC(C)C)cc3)n(C)c2c1. The zero-order valence-electron chi connectivity index (χ0n) is 14.3. The Hall–Kier alpha value is -2.29. The van der Waals surface area contributed by atoms with Crippen LogP contribution in [-0.2, 0) is 20.1 Å². The fraction of sp³-hybridized carbons (Fsp3) is 0.350. The van der Waals surface area contributed by atoms with Crippen LogP contribution in [0.5, 0.6) is 5.75 Å². The molecule has 23 heavy (non-hydrogen) atoms. The van der Waals surface area contributed by atoms with Crippen molar-refractivity contribution in [2.24, 2.45) is 13.0 Å². The van der Waals surface area contributed by atoms with E-state index >= 15 is 0 Å². The molecule has 0 saturated heterocycles. The van der Waals surface area contributed by atoms with E-state index in [1.54, 1.807) is 0 Å². The Kier molecular flexibility index (Phi) is 4.37. The summed E-state index contributed by atoms with van der Waals surface area (Å²) < 4.78 is 8.02. The van der Waals surface area contributed by atoms with E-state index in [9.17, 15) is 0 Å². The average molecular weight is 308 g/mol. The van der Waals surface area contributed by atoms with Crippen LogP contribution in [0.1, 0.15) is 30.8 Å². The Morgan fingerprint density at radius 1 is 1.09 bits per heavy atom. The Morgan fingerprint density at radius 3 is 2.52 bits per heavy atom. The van der Waals surface area contributed by atoms with Crippen LogP contribution in [0.25, 0.3) is 11.0 Å². The molecule has 1 heterocycles. The number of imidazole rings is 1. The lowest BCUT2D eigenvalue weighted by Gasteiger charge is -2.08. The number of fused-ring (bicyclic) bond motifs is 1. The standard InChI is InChI=1S/C20H24N2O/c1-14(2)11-16-6-8-17(9-7-16)23-13-20-21-18-10-5-15(3)12-19(18)22(20)4/h5-10,12,14H,11,13H2,1-4H3. The Balaban J connectivity index is 1.72. The molecule has 1 aromatic heterocycles. The summed E-state index contributed by atoms with van der Waals surface area (Å²) in [6, 6.07) is 14.7. The zero-order valence-corrected chi connectivity index (χ0v) is 14.3. The van der Waals surface area contributed by atoms with E-state index in [0.29, 0.717) is 12.5 Å². The van der Waals surface area contributed by atoms with E-state index in [2.05, 4.69) is 60.7 Å². The summed E-state index contributed by atoms with van der Waals surface area (Å²) in [5.74, 6) is 2.50. The summed E-state index contributed by atoms with van der Waals surface area (Å²) in [7, 11) is 2.04. The average Bonchev–Trinajstić information content (AvgIpc) is 2.82. The molecule has 0 spiro atoms. The molecule has 0 N–H and O–H groups in total. The maximum absolute atomic E-state index is 5.91. The molecule has 0 atom stereocenters. The summed E-state index contributed by atoms with van der Waals surface area (Å²) >= 11 is 0. The number of aromatic nitrogens is 2. The van der Waals surface area contributed by atoms with Crippen LogP contribution in [0.15, 0.2) is 42.5 Å². The molecule has 0 aliphatic heterocycles. The second kappa shape index (κ2) is 6.45. The van der Waals surface area contributed by atoms with Gasteiger partial charge in [0.15, 0.2) is 0 Å². The van der Waals surface area contributed by atoms with Crippen molar-refractivity contribution < 1.29 is 4.74 Å². The van der Waals surface area contributed by atoms with Crippen LogP contribution < -0.4 is 4.74 Å². The first-order chi connectivity index (χ1) is 11.0. The van der Waals surface area contributed by atoms with Gasteiger partial charge in [-0.05, 0) is 54.7 Å². The van der Waals surface area contributed by atoms with Crippen molar-refractivity contribution in [2.75, 3.05) is 0 Å². The van der Waals surface area contributed by atoms with Crippen LogP contribution in [0.3, 0.4) is 0 Å². The largest absolute Gasteiger partial charge is 0.486 e. The summed E-state index contributed by atoms with van der Waals surface area (Å²) in [6.07, 6.45) is 1.10. The van der Waals surface area contributed by atoms with Crippen molar-refractivity contribution in [1.29, 1.82) is 0 Å². The zero-order chi connectivity index (χ0) is 16.4. The van der Waals surface area contributed by atoms with Gasteiger partial charge in [-0.25, -0.2) is 4.98 Å². The molecule has 3 aromatic rings. The number of rotatable bonds is 5. The molecular formula is C20H24N2O. The molecular weight excluding hydrogens is 284 g/mol. The van der Waals surface area contributed by atoms with E-state index in [1.165, 1.54) is 11.1 Å². The molecule has 0 unspecified atom stereocenters. The lowest BCUT2D eigenvalue weighted by atomic mass is 10.0. The predicted octanol–water partition coefficient (Wildman–Crippen LogP) is 4.66. The Morgan fingerprint density at radius 2 is 1.83 bits per heavy atom. The van der Waals surface area contributed by atoms with Crippen molar-refractivity contribution in [3.05, 3.63) is 59.4 Å². The number of hydrogen-bond acceptors (Lipinski definition) is 2. The van der Waals surface area contributed by atoms with Crippen molar-refractivity contribution in [3.63, 3.8) is 0 Å². The Bertz CT molecular complexity index is 800. The third-order valence-corrected chi connectivity index (χ3v) is 4.06. The highest BCUT2D eigenvalue weighted by Crippen LogP contribution is 2.19. The fourth-order valence-corrected chi connectivity index (χ4v) is 2.82. The third kappa shape index (κ3) is 3.55. The molecule has 0 fully saturated rings. The lowest BCUT2D eigenvalue weighted by Crippen LogP contribution is -2.03. The second-order valence-electron chi connectivity index (χ2n) is 6.61. The summed E-state index contributed by atoms with van der Waals surface area (Å²) in [5.41, 5.74) is 4.76.